The maximum Gasteiger partial charge on any atom is 0.380 e. The van der Waals surface area contributed by atoms with Crippen LogP contribution in [0.3, 0.4) is 0 Å². The summed E-state index contributed by atoms with van der Waals surface area (Å²) in [5, 5.41) is 0.247. The number of rotatable bonds is 2. The molecule has 0 bridgehead atoms. The molecule has 1 aliphatic heterocycles. The molecule has 1 aliphatic carbocycles. The topological polar surface area (TPSA) is 4.93 Å². The molecule has 0 N–H and O–H groups in total. The number of benzene rings is 2. The summed E-state index contributed by atoms with van der Waals surface area (Å²) in [6, 6.07) is 13.2. The lowest BCUT2D eigenvalue weighted by atomic mass is 9.86. The van der Waals surface area contributed by atoms with Gasteiger partial charge in [-0.1, -0.05) is 36.4 Å². The molecule has 0 saturated carbocycles. The Hall–Kier alpha value is -2.35. The van der Waals surface area contributed by atoms with E-state index in [0.717, 1.165) is 11.8 Å². The summed E-state index contributed by atoms with van der Waals surface area (Å²) >= 11 is 0.945. The molecule has 8 heteroatoms. The van der Waals surface area contributed by atoms with E-state index < -0.39 is 33.7 Å². The van der Waals surface area contributed by atoms with E-state index in [4.69, 9.17) is 0 Å². The molecule has 2 aliphatic rings. The number of thioether (sulfide) groups is 1. The van der Waals surface area contributed by atoms with E-state index in [1.54, 1.807) is 54.1 Å². The predicted molar refractivity (Wildman–Crippen MR) is 114 cm³/mol. The van der Waals surface area contributed by atoms with Gasteiger partial charge in [-0.15, -0.1) is 11.8 Å². The predicted octanol–water partition coefficient (Wildman–Crippen LogP) is 7.27. The Morgan fingerprint density at radius 3 is 2.19 bits per heavy atom. The largest absolute Gasteiger partial charge is 0.380 e. The lowest BCUT2D eigenvalue weighted by molar-refractivity contribution is -0.260. The van der Waals surface area contributed by atoms with Crippen LogP contribution in [-0.2, 0) is 13.5 Å². The number of aromatic nitrogens is 1. The van der Waals surface area contributed by atoms with Gasteiger partial charge in [0, 0.05) is 50.0 Å². The fourth-order valence-electron chi connectivity index (χ4n) is 5.07. The first-order valence-corrected chi connectivity index (χ1v) is 10.9. The van der Waals surface area contributed by atoms with Gasteiger partial charge in [-0.3, -0.25) is 0 Å². The Bertz CT molecular complexity index is 1280. The number of para-hydroxylation sites is 1. The summed E-state index contributed by atoms with van der Waals surface area (Å²) in [5.41, 5.74) is -1.25. The van der Waals surface area contributed by atoms with Gasteiger partial charge in [0.25, 0.3) is 0 Å². The summed E-state index contributed by atoms with van der Waals surface area (Å²) in [5.74, 6) is -15.6. The summed E-state index contributed by atoms with van der Waals surface area (Å²) in [4.78, 5) is 0.630. The Balaban J connectivity index is 1.89. The molecule has 1 atom stereocenters. The van der Waals surface area contributed by atoms with Crippen LogP contribution in [0.4, 0.5) is 26.3 Å². The molecule has 168 valence electrons. The molecule has 5 rings (SSSR count). The maximum absolute atomic E-state index is 15.4. The highest BCUT2D eigenvalue weighted by Crippen LogP contribution is 2.68. The molecule has 2 heterocycles. The molecule has 32 heavy (non-hydrogen) atoms. The number of nitrogens with zero attached hydrogens (tertiary/aromatic N) is 1. The molecular formula is C24H19F6NS. The summed E-state index contributed by atoms with van der Waals surface area (Å²) < 4.78 is 91.0. The van der Waals surface area contributed by atoms with Crippen LogP contribution in [0.25, 0.3) is 16.5 Å². The molecule has 1 nitrogen and oxygen atoms in total. The van der Waals surface area contributed by atoms with Crippen molar-refractivity contribution in [3.8, 4) is 0 Å². The van der Waals surface area contributed by atoms with E-state index in [9.17, 15) is 8.78 Å². The third-order valence-electron chi connectivity index (χ3n) is 6.68. The zero-order valence-electron chi connectivity index (χ0n) is 17.4. The minimum absolute atomic E-state index is 0.0434. The molecule has 1 aromatic heterocycles. The Morgan fingerprint density at radius 1 is 0.875 bits per heavy atom. The van der Waals surface area contributed by atoms with Gasteiger partial charge in [0.05, 0.1) is 0 Å². The highest BCUT2D eigenvalue weighted by Gasteiger charge is 2.82. The monoisotopic (exact) mass is 467 g/mol. The molecule has 0 saturated heterocycles. The van der Waals surface area contributed by atoms with E-state index >= 15 is 17.6 Å². The summed E-state index contributed by atoms with van der Waals surface area (Å²) in [6.45, 7) is 2.85. The number of halogens is 6. The lowest BCUT2D eigenvalue weighted by Gasteiger charge is -2.31. The summed E-state index contributed by atoms with van der Waals surface area (Å²) in [6.07, 6.45) is -0.0434. The second kappa shape index (κ2) is 6.37. The number of hydrogen-bond acceptors (Lipinski definition) is 1. The van der Waals surface area contributed by atoms with Gasteiger partial charge in [0.15, 0.2) is 0 Å². The van der Waals surface area contributed by atoms with Crippen molar-refractivity contribution in [3.05, 3.63) is 70.9 Å². The SMILES string of the molecule is Cc1c(C2=C(C3(C)Cc4ccccc4S3)C(F)(F)C(F)(F)C2(F)F)c2ccccc2n1C. The second-order valence-corrected chi connectivity index (χ2v) is 10.2. The van der Waals surface area contributed by atoms with Gasteiger partial charge in [-0.05, 0) is 38.0 Å². The van der Waals surface area contributed by atoms with E-state index in [-0.39, 0.29) is 23.1 Å². The van der Waals surface area contributed by atoms with Crippen LogP contribution in [0.5, 0.6) is 0 Å². The van der Waals surface area contributed by atoms with Gasteiger partial charge in [0.1, 0.15) is 0 Å². The highest BCUT2D eigenvalue weighted by atomic mass is 32.2. The Morgan fingerprint density at radius 2 is 1.50 bits per heavy atom. The molecule has 0 amide bonds. The number of alkyl halides is 6. The van der Waals surface area contributed by atoms with E-state index in [2.05, 4.69) is 0 Å². The average molecular weight is 467 g/mol. The minimum Gasteiger partial charge on any atom is -0.347 e. The molecule has 0 radical (unpaired) electrons. The van der Waals surface area contributed by atoms with Crippen molar-refractivity contribution in [1.82, 2.24) is 4.57 Å². The van der Waals surface area contributed by atoms with Crippen LogP contribution in [0.15, 0.2) is 59.0 Å². The van der Waals surface area contributed by atoms with Crippen molar-refractivity contribution < 1.29 is 26.3 Å². The first-order valence-electron chi connectivity index (χ1n) is 10.0. The molecule has 0 fully saturated rings. The Labute approximate surface area is 185 Å². The van der Waals surface area contributed by atoms with E-state index in [0.29, 0.717) is 16.0 Å². The van der Waals surface area contributed by atoms with Crippen LogP contribution >= 0.6 is 11.8 Å². The van der Waals surface area contributed by atoms with Gasteiger partial charge < -0.3 is 4.57 Å². The van der Waals surface area contributed by atoms with Crippen LogP contribution in [0.1, 0.15) is 23.7 Å². The second-order valence-electron chi connectivity index (χ2n) is 8.63. The third-order valence-corrected chi connectivity index (χ3v) is 8.10. The van der Waals surface area contributed by atoms with Gasteiger partial charge in [-0.2, -0.15) is 26.3 Å². The quantitative estimate of drug-likeness (QED) is 0.359. The van der Waals surface area contributed by atoms with Crippen LogP contribution in [-0.4, -0.2) is 27.1 Å². The molecule has 1 unspecified atom stereocenters. The maximum atomic E-state index is 15.4. The van der Waals surface area contributed by atoms with Crippen molar-refractivity contribution in [3.63, 3.8) is 0 Å². The van der Waals surface area contributed by atoms with Crippen molar-refractivity contribution in [2.75, 3.05) is 0 Å². The standard InChI is InChI=1S/C24H19F6NS/c1-13-18(15-9-5-6-10-16(15)31(13)3)19-20(23(27,28)24(29,30)22(19,25)26)21(2)12-14-8-4-7-11-17(14)32-21/h4-11H,12H2,1-3H3. The number of fused-ring (bicyclic) bond motifs is 2. The van der Waals surface area contributed by atoms with Gasteiger partial charge in [-0.25, -0.2) is 0 Å². The zero-order valence-corrected chi connectivity index (χ0v) is 18.3. The number of allylic oxidation sites excluding steroid dienone is 1. The molecule has 0 spiro atoms. The van der Waals surface area contributed by atoms with E-state index in [1.165, 1.54) is 19.9 Å². The van der Waals surface area contributed by atoms with Crippen molar-refractivity contribution in [2.24, 2.45) is 7.05 Å². The minimum atomic E-state index is -5.55. The van der Waals surface area contributed by atoms with Crippen molar-refractivity contribution >= 4 is 28.2 Å². The normalized spacial score (nSPS) is 25.5. The molecular weight excluding hydrogens is 448 g/mol. The van der Waals surface area contributed by atoms with Gasteiger partial charge >= 0.3 is 17.8 Å². The number of aryl methyl sites for hydroxylation is 1. The van der Waals surface area contributed by atoms with Crippen LogP contribution in [0, 0.1) is 6.92 Å². The third kappa shape index (κ3) is 2.44. The van der Waals surface area contributed by atoms with E-state index in [1.807, 2.05) is 0 Å². The zero-order chi connectivity index (χ0) is 23.3. The van der Waals surface area contributed by atoms with Gasteiger partial charge in [0.2, 0.25) is 0 Å². The first-order chi connectivity index (χ1) is 14.8. The first kappa shape index (κ1) is 21.5. The fourth-order valence-corrected chi connectivity index (χ4v) is 6.53. The molecule has 3 aromatic rings. The summed E-state index contributed by atoms with van der Waals surface area (Å²) in [7, 11) is 1.60. The Kier molecular flexibility index (Phi) is 4.28. The van der Waals surface area contributed by atoms with Crippen LogP contribution < -0.4 is 0 Å². The number of hydrogen-bond donors (Lipinski definition) is 0. The van der Waals surface area contributed by atoms with Crippen molar-refractivity contribution in [2.45, 2.75) is 47.7 Å². The highest BCUT2D eigenvalue weighted by molar-refractivity contribution is 8.01. The smallest absolute Gasteiger partial charge is 0.347 e. The molecule has 2 aromatic carbocycles. The van der Waals surface area contributed by atoms with Crippen LogP contribution in [0.2, 0.25) is 0 Å². The average Bonchev–Trinajstić information content (AvgIpc) is 3.23. The van der Waals surface area contributed by atoms with Crippen molar-refractivity contribution in [1.29, 1.82) is 0 Å². The lowest BCUT2D eigenvalue weighted by Crippen LogP contribution is -2.50. The fraction of sp³-hybridized carbons (Fsp3) is 0.333.